The van der Waals surface area contributed by atoms with Crippen molar-refractivity contribution in [1.82, 2.24) is 10.2 Å². The number of aromatic amines is 1. The highest BCUT2D eigenvalue weighted by molar-refractivity contribution is 5.79. The van der Waals surface area contributed by atoms with E-state index in [1.54, 1.807) is 6.20 Å². The van der Waals surface area contributed by atoms with Gasteiger partial charge in [-0.05, 0) is 18.2 Å². The number of rotatable bonds is 1. The number of aromatic nitrogens is 2. The summed E-state index contributed by atoms with van der Waals surface area (Å²) in [5, 5.41) is 7.82. The third kappa shape index (κ3) is 2.20. The van der Waals surface area contributed by atoms with E-state index in [1.807, 2.05) is 18.2 Å². The molecule has 4 heteroatoms. The molecule has 0 radical (unpaired) electrons. The van der Waals surface area contributed by atoms with Gasteiger partial charge < -0.3 is 4.74 Å². The highest BCUT2D eigenvalue weighted by atomic mass is 16.5. The summed E-state index contributed by atoms with van der Waals surface area (Å²) in [5.74, 6) is 5.32. The number of hydrogen-bond donors (Lipinski definition) is 1. The second kappa shape index (κ2) is 4.49. The first-order chi connectivity index (χ1) is 7.79. The molecular formula is C12H10N2O2. The van der Waals surface area contributed by atoms with Crippen molar-refractivity contribution < 1.29 is 9.53 Å². The van der Waals surface area contributed by atoms with Gasteiger partial charge in [-0.25, -0.2) is 0 Å². The molecule has 16 heavy (non-hydrogen) atoms. The van der Waals surface area contributed by atoms with Crippen molar-refractivity contribution in [1.29, 1.82) is 0 Å². The number of methoxy groups -OCH3 is 1. The third-order valence-electron chi connectivity index (χ3n) is 2.14. The van der Waals surface area contributed by atoms with Crippen LogP contribution in [0, 0.1) is 11.8 Å². The first-order valence-electron chi connectivity index (χ1n) is 4.78. The van der Waals surface area contributed by atoms with Crippen molar-refractivity contribution in [2.24, 2.45) is 0 Å². The third-order valence-corrected chi connectivity index (χ3v) is 2.14. The van der Waals surface area contributed by atoms with E-state index in [-0.39, 0.29) is 12.4 Å². The fourth-order valence-electron chi connectivity index (χ4n) is 1.31. The van der Waals surface area contributed by atoms with Crippen LogP contribution in [0.4, 0.5) is 0 Å². The maximum atomic E-state index is 10.8. The highest BCUT2D eigenvalue weighted by Crippen LogP contribution is 2.11. The Labute approximate surface area is 92.6 Å². The van der Waals surface area contributed by atoms with E-state index in [0.29, 0.717) is 0 Å². The molecule has 0 atom stereocenters. The molecule has 4 nitrogen and oxygen atoms in total. The lowest BCUT2D eigenvalue weighted by Gasteiger charge is -1.91. The molecule has 0 spiro atoms. The minimum atomic E-state index is -0.324. The topological polar surface area (TPSA) is 55.0 Å². The van der Waals surface area contributed by atoms with Crippen LogP contribution in [0.25, 0.3) is 10.9 Å². The fraction of sp³-hybridized carbons (Fsp3) is 0.167. The maximum Gasteiger partial charge on any atom is 0.317 e. The SMILES string of the molecule is COC(=O)CC#Cc1ccc2cn[nH]c2c1. The van der Waals surface area contributed by atoms with Crippen LogP contribution in [-0.4, -0.2) is 23.3 Å². The highest BCUT2D eigenvalue weighted by Gasteiger charge is 1.96. The average molecular weight is 214 g/mol. The molecule has 0 bridgehead atoms. The van der Waals surface area contributed by atoms with E-state index >= 15 is 0 Å². The number of carbonyl (C=O) groups excluding carboxylic acids is 1. The number of nitrogens with one attached hydrogen (secondary N) is 1. The van der Waals surface area contributed by atoms with Gasteiger partial charge in [-0.3, -0.25) is 9.89 Å². The minimum absolute atomic E-state index is 0.109. The Morgan fingerprint density at radius 1 is 1.56 bits per heavy atom. The number of nitrogens with zero attached hydrogens (tertiary/aromatic N) is 1. The second-order valence-corrected chi connectivity index (χ2v) is 3.23. The summed E-state index contributed by atoms with van der Waals surface area (Å²) in [6.45, 7) is 0. The van der Waals surface area contributed by atoms with Crippen molar-refractivity contribution in [3.05, 3.63) is 30.0 Å². The van der Waals surface area contributed by atoms with Crippen molar-refractivity contribution >= 4 is 16.9 Å². The summed E-state index contributed by atoms with van der Waals surface area (Å²) in [6, 6.07) is 5.72. The molecule has 0 unspecified atom stereocenters. The molecule has 0 aliphatic rings. The first-order valence-corrected chi connectivity index (χ1v) is 4.78. The smallest absolute Gasteiger partial charge is 0.317 e. The van der Waals surface area contributed by atoms with Gasteiger partial charge in [0.05, 0.1) is 18.8 Å². The number of H-pyrrole nitrogens is 1. The van der Waals surface area contributed by atoms with Gasteiger partial charge in [0.2, 0.25) is 0 Å². The monoisotopic (exact) mass is 214 g/mol. The van der Waals surface area contributed by atoms with Crippen LogP contribution in [0.3, 0.4) is 0 Å². The molecule has 2 aromatic rings. The van der Waals surface area contributed by atoms with Crippen molar-refractivity contribution in [3.63, 3.8) is 0 Å². The summed E-state index contributed by atoms with van der Waals surface area (Å²) < 4.78 is 4.49. The number of carbonyl (C=O) groups is 1. The van der Waals surface area contributed by atoms with Crippen LogP contribution in [0.15, 0.2) is 24.4 Å². The first kappa shape index (κ1) is 10.2. The molecule has 80 valence electrons. The van der Waals surface area contributed by atoms with Crippen LogP contribution in [0.5, 0.6) is 0 Å². The minimum Gasteiger partial charge on any atom is -0.468 e. The Kier molecular flexibility index (Phi) is 2.88. The molecule has 0 saturated carbocycles. The van der Waals surface area contributed by atoms with E-state index in [2.05, 4.69) is 26.8 Å². The van der Waals surface area contributed by atoms with Gasteiger partial charge in [0.1, 0.15) is 6.42 Å². The molecule has 0 amide bonds. The van der Waals surface area contributed by atoms with Crippen molar-refractivity contribution in [2.75, 3.05) is 7.11 Å². The van der Waals surface area contributed by atoms with Crippen LogP contribution < -0.4 is 0 Å². The molecule has 1 aromatic carbocycles. The van der Waals surface area contributed by atoms with Crippen LogP contribution in [-0.2, 0) is 9.53 Å². The lowest BCUT2D eigenvalue weighted by atomic mass is 10.2. The lowest BCUT2D eigenvalue weighted by Crippen LogP contribution is -1.96. The van der Waals surface area contributed by atoms with E-state index < -0.39 is 0 Å². The predicted octanol–water partition coefficient (Wildman–Crippen LogP) is 1.48. The zero-order valence-corrected chi connectivity index (χ0v) is 8.78. The molecule has 1 N–H and O–H groups in total. The van der Waals surface area contributed by atoms with E-state index in [9.17, 15) is 4.79 Å². The Morgan fingerprint density at radius 3 is 3.25 bits per heavy atom. The van der Waals surface area contributed by atoms with Gasteiger partial charge in [0, 0.05) is 10.9 Å². The van der Waals surface area contributed by atoms with Crippen LogP contribution in [0.2, 0.25) is 0 Å². The Hall–Kier alpha value is -2.28. The molecule has 0 aliphatic heterocycles. The fourth-order valence-corrected chi connectivity index (χ4v) is 1.31. The van der Waals surface area contributed by atoms with Gasteiger partial charge >= 0.3 is 5.97 Å². The Balaban J connectivity index is 2.17. The van der Waals surface area contributed by atoms with Gasteiger partial charge in [0.15, 0.2) is 0 Å². The van der Waals surface area contributed by atoms with Gasteiger partial charge in [-0.1, -0.05) is 11.8 Å². The average Bonchev–Trinajstić information content (AvgIpc) is 2.76. The largest absolute Gasteiger partial charge is 0.468 e. The predicted molar refractivity (Wildman–Crippen MR) is 59.6 cm³/mol. The maximum absolute atomic E-state index is 10.8. The Morgan fingerprint density at radius 2 is 2.44 bits per heavy atom. The van der Waals surface area contributed by atoms with Crippen LogP contribution >= 0.6 is 0 Å². The number of fused-ring (bicyclic) bond motifs is 1. The summed E-state index contributed by atoms with van der Waals surface area (Å²) in [4.78, 5) is 10.8. The zero-order valence-electron chi connectivity index (χ0n) is 8.78. The van der Waals surface area contributed by atoms with Gasteiger partial charge in [0.25, 0.3) is 0 Å². The van der Waals surface area contributed by atoms with Gasteiger partial charge in [-0.2, -0.15) is 5.10 Å². The normalized spacial score (nSPS) is 9.56. The molecule has 1 aromatic heterocycles. The lowest BCUT2D eigenvalue weighted by molar-refractivity contribution is -0.139. The molecule has 1 heterocycles. The van der Waals surface area contributed by atoms with Gasteiger partial charge in [-0.15, -0.1) is 0 Å². The van der Waals surface area contributed by atoms with E-state index in [4.69, 9.17) is 0 Å². The Bertz CT molecular complexity index is 575. The van der Waals surface area contributed by atoms with E-state index in [1.165, 1.54) is 7.11 Å². The summed E-state index contributed by atoms with van der Waals surface area (Å²) in [6.07, 6.45) is 1.86. The number of ether oxygens (including phenoxy) is 1. The van der Waals surface area contributed by atoms with Crippen molar-refractivity contribution in [3.8, 4) is 11.8 Å². The number of esters is 1. The van der Waals surface area contributed by atoms with Crippen molar-refractivity contribution in [2.45, 2.75) is 6.42 Å². The van der Waals surface area contributed by atoms with Crippen LogP contribution in [0.1, 0.15) is 12.0 Å². The number of benzene rings is 1. The molecule has 2 rings (SSSR count). The zero-order chi connectivity index (χ0) is 11.4. The molecule has 0 saturated heterocycles. The van der Waals surface area contributed by atoms with E-state index in [0.717, 1.165) is 16.5 Å². The molecular weight excluding hydrogens is 204 g/mol. The standard InChI is InChI=1S/C12H10N2O2/c1-16-12(15)4-2-3-9-5-6-10-8-13-14-11(10)7-9/h5-8H,4H2,1H3,(H,13,14). The summed E-state index contributed by atoms with van der Waals surface area (Å²) in [7, 11) is 1.35. The molecule has 0 fully saturated rings. The second-order valence-electron chi connectivity index (χ2n) is 3.23. The summed E-state index contributed by atoms with van der Waals surface area (Å²) >= 11 is 0. The number of hydrogen-bond acceptors (Lipinski definition) is 3. The molecule has 0 aliphatic carbocycles. The summed E-state index contributed by atoms with van der Waals surface area (Å²) in [5.41, 5.74) is 1.78. The quantitative estimate of drug-likeness (QED) is 0.577.